The number of Topliss-reactive ketones (excluding diaryl/α,β-unsaturated/α-hetero) is 1. The van der Waals surface area contributed by atoms with E-state index in [1.54, 1.807) is 26.0 Å². The molecule has 0 radical (unpaired) electrons. The second kappa shape index (κ2) is 11.2. The van der Waals surface area contributed by atoms with E-state index >= 15 is 0 Å². The maximum absolute atomic E-state index is 12.8. The van der Waals surface area contributed by atoms with Crippen molar-refractivity contribution in [3.05, 3.63) is 60.2 Å². The number of carboxylic acids is 1. The molecule has 1 saturated carbocycles. The zero-order chi connectivity index (χ0) is 22.1. The predicted octanol–water partition coefficient (Wildman–Crippen LogP) is 3.94. The molecule has 0 amide bonds. The molecule has 5 heteroatoms. The van der Waals surface area contributed by atoms with Crippen LogP contribution in [-0.4, -0.2) is 39.3 Å². The first-order chi connectivity index (χ1) is 14.2. The van der Waals surface area contributed by atoms with Crippen LogP contribution in [0.2, 0.25) is 0 Å². The van der Waals surface area contributed by atoms with Crippen molar-refractivity contribution in [3.8, 4) is 0 Å². The zero-order valence-corrected chi connectivity index (χ0v) is 17.9. The second-order valence-corrected chi connectivity index (χ2v) is 8.68. The number of benzene rings is 1. The van der Waals surface area contributed by atoms with Crippen LogP contribution < -0.4 is 0 Å². The molecule has 5 nitrogen and oxygen atoms in total. The number of carbonyl (C=O) groups excluding carboxylic acids is 1. The molecular formula is C25H34O5. The lowest BCUT2D eigenvalue weighted by atomic mass is 9.86. The number of allylic oxidation sites excluding steroid dienone is 2. The lowest BCUT2D eigenvalue weighted by molar-refractivity contribution is -0.137. The van der Waals surface area contributed by atoms with E-state index in [1.165, 1.54) is 0 Å². The molecule has 4 unspecified atom stereocenters. The molecule has 0 aliphatic heterocycles. The fourth-order valence-electron chi connectivity index (χ4n) is 4.05. The molecule has 0 spiro atoms. The molecule has 30 heavy (non-hydrogen) atoms. The lowest BCUT2D eigenvalue weighted by Crippen LogP contribution is -2.31. The molecule has 0 bridgehead atoms. The highest BCUT2D eigenvalue weighted by Crippen LogP contribution is 2.44. The molecule has 0 heterocycles. The van der Waals surface area contributed by atoms with Crippen LogP contribution in [0.25, 0.3) is 0 Å². The summed E-state index contributed by atoms with van der Waals surface area (Å²) < 4.78 is 0. The first kappa shape index (κ1) is 24.0. The van der Waals surface area contributed by atoms with Crippen molar-refractivity contribution in [3.63, 3.8) is 0 Å². The number of unbranched alkanes of at least 4 members (excludes halogenated alkanes) is 1. The standard InChI is InChI=1S/C25H34O5/c1-25(2)23(29)20(12-8-3-4-9-13-22(27)28)21(24(25)30)17-16-19(26)15-14-18-10-6-5-7-11-18/h3,5-8,10-11,16-17,19-21,24,26,30H,4,9,12-15H2,1-2H3,(H,27,28)/b8-3+,17-16+. The summed E-state index contributed by atoms with van der Waals surface area (Å²) in [6, 6.07) is 9.95. The van der Waals surface area contributed by atoms with Gasteiger partial charge in [-0.2, -0.15) is 0 Å². The number of hydrogen-bond donors (Lipinski definition) is 3. The van der Waals surface area contributed by atoms with Gasteiger partial charge in [0.1, 0.15) is 5.78 Å². The molecule has 1 aliphatic carbocycles. The molecule has 4 atom stereocenters. The molecule has 0 saturated heterocycles. The highest BCUT2D eigenvalue weighted by Gasteiger charge is 2.52. The van der Waals surface area contributed by atoms with Gasteiger partial charge >= 0.3 is 5.97 Å². The Bertz CT molecular complexity index is 750. The van der Waals surface area contributed by atoms with Crippen molar-refractivity contribution in [1.29, 1.82) is 0 Å². The van der Waals surface area contributed by atoms with Gasteiger partial charge in [-0.1, -0.05) is 68.5 Å². The van der Waals surface area contributed by atoms with Crippen molar-refractivity contribution in [2.24, 2.45) is 17.3 Å². The Kier molecular flexibility index (Phi) is 9.00. The SMILES string of the molecule is CC1(C)C(=O)C(C/C=C/CCCC(=O)O)C(/C=C/C(O)CCc2ccccc2)C1O. The van der Waals surface area contributed by atoms with Crippen molar-refractivity contribution in [2.75, 3.05) is 0 Å². The van der Waals surface area contributed by atoms with Gasteiger partial charge in [0.15, 0.2) is 0 Å². The van der Waals surface area contributed by atoms with E-state index in [1.807, 2.05) is 42.5 Å². The van der Waals surface area contributed by atoms with Crippen LogP contribution in [0, 0.1) is 17.3 Å². The summed E-state index contributed by atoms with van der Waals surface area (Å²) in [6.45, 7) is 3.53. The number of aliphatic hydroxyl groups excluding tert-OH is 2. The number of carbonyl (C=O) groups is 2. The van der Waals surface area contributed by atoms with Crippen LogP contribution >= 0.6 is 0 Å². The van der Waals surface area contributed by atoms with Crippen molar-refractivity contribution in [2.45, 2.75) is 64.6 Å². The summed E-state index contributed by atoms with van der Waals surface area (Å²) in [5, 5.41) is 29.8. The number of aliphatic carboxylic acids is 1. The second-order valence-electron chi connectivity index (χ2n) is 8.68. The van der Waals surface area contributed by atoms with Gasteiger partial charge in [-0.25, -0.2) is 0 Å². The van der Waals surface area contributed by atoms with Crippen LogP contribution in [0.3, 0.4) is 0 Å². The van der Waals surface area contributed by atoms with E-state index in [9.17, 15) is 19.8 Å². The monoisotopic (exact) mass is 414 g/mol. The Labute approximate surface area is 179 Å². The summed E-state index contributed by atoms with van der Waals surface area (Å²) >= 11 is 0. The molecule has 2 rings (SSSR count). The van der Waals surface area contributed by atoms with Gasteiger partial charge < -0.3 is 15.3 Å². The molecule has 3 N–H and O–H groups in total. The lowest BCUT2D eigenvalue weighted by Gasteiger charge is -2.22. The molecule has 1 aliphatic rings. The largest absolute Gasteiger partial charge is 0.481 e. The molecular weight excluding hydrogens is 380 g/mol. The minimum absolute atomic E-state index is 0.0265. The number of ketones is 1. The number of aryl methyl sites for hydroxylation is 1. The zero-order valence-electron chi connectivity index (χ0n) is 17.9. The highest BCUT2D eigenvalue weighted by atomic mass is 16.4. The van der Waals surface area contributed by atoms with Gasteiger partial charge in [0, 0.05) is 18.3 Å². The van der Waals surface area contributed by atoms with Gasteiger partial charge in [0.05, 0.1) is 17.6 Å². The fraction of sp³-hybridized carbons (Fsp3) is 0.520. The maximum Gasteiger partial charge on any atom is 0.303 e. The van der Waals surface area contributed by atoms with Crippen LogP contribution in [0.15, 0.2) is 54.6 Å². The maximum atomic E-state index is 12.8. The summed E-state index contributed by atoms with van der Waals surface area (Å²) in [7, 11) is 0. The van der Waals surface area contributed by atoms with Crippen molar-refractivity contribution < 1.29 is 24.9 Å². The Balaban J connectivity index is 1.95. The van der Waals surface area contributed by atoms with E-state index in [4.69, 9.17) is 5.11 Å². The van der Waals surface area contributed by atoms with Gasteiger partial charge in [-0.15, -0.1) is 0 Å². The number of carboxylic acid groups (broad SMARTS) is 1. The molecule has 1 aromatic rings. The summed E-state index contributed by atoms with van der Waals surface area (Å²) in [5.41, 5.74) is 0.333. The average molecular weight is 415 g/mol. The first-order valence-electron chi connectivity index (χ1n) is 10.7. The molecule has 0 aromatic heterocycles. The van der Waals surface area contributed by atoms with Gasteiger partial charge in [0.25, 0.3) is 0 Å². The third kappa shape index (κ3) is 6.64. The van der Waals surface area contributed by atoms with E-state index in [0.717, 1.165) is 12.0 Å². The highest BCUT2D eigenvalue weighted by molar-refractivity contribution is 5.90. The summed E-state index contributed by atoms with van der Waals surface area (Å²) in [5.74, 6) is -1.47. The minimum Gasteiger partial charge on any atom is -0.481 e. The number of rotatable bonds is 11. The summed E-state index contributed by atoms with van der Waals surface area (Å²) in [4.78, 5) is 23.4. The Morgan fingerprint density at radius 2 is 1.90 bits per heavy atom. The van der Waals surface area contributed by atoms with Crippen molar-refractivity contribution >= 4 is 11.8 Å². The smallest absolute Gasteiger partial charge is 0.303 e. The van der Waals surface area contributed by atoms with Gasteiger partial charge in [-0.3, -0.25) is 9.59 Å². The minimum atomic E-state index is -0.828. The van der Waals surface area contributed by atoms with Crippen molar-refractivity contribution in [1.82, 2.24) is 0 Å². The van der Waals surface area contributed by atoms with E-state index in [0.29, 0.717) is 25.7 Å². The van der Waals surface area contributed by atoms with E-state index < -0.39 is 23.6 Å². The normalized spacial score (nSPS) is 24.7. The summed E-state index contributed by atoms with van der Waals surface area (Å²) in [6.07, 6.45) is 9.07. The molecule has 164 valence electrons. The van der Waals surface area contributed by atoms with Crippen LogP contribution in [0.5, 0.6) is 0 Å². The van der Waals surface area contributed by atoms with Crippen LogP contribution in [-0.2, 0) is 16.0 Å². The number of aliphatic hydroxyl groups is 2. The van der Waals surface area contributed by atoms with Gasteiger partial charge in [-0.05, 0) is 37.7 Å². The number of hydrogen-bond acceptors (Lipinski definition) is 4. The molecule has 1 aromatic carbocycles. The molecule has 1 fully saturated rings. The quantitative estimate of drug-likeness (QED) is 0.377. The topological polar surface area (TPSA) is 94.8 Å². The Morgan fingerprint density at radius 1 is 1.20 bits per heavy atom. The fourth-order valence-corrected chi connectivity index (χ4v) is 4.05. The van der Waals surface area contributed by atoms with Crippen LogP contribution in [0.4, 0.5) is 0 Å². The van der Waals surface area contributed by atoms with E-state index in [-0.39, 0.29) is 24.0 Å². The predicted molar refractivity (Wildman–Crippen MR) is 117 cm³/mol. The first-order valence-corrected chi connectivity index (χ1v) is 10.7. The Hall–Kier alpha value is -2.24. The third-order valence-electron chi connectivity index (χ3n) is 5.99. The average Bonchev–Trinajstić information content (AvgIpc) is 2.88. The van der Waals surface area contributed by atoms with Gasteiger partial charge in [0.2, 0.25) is 0 Å². The Morgan fingerprint density at radius 3 is 2.57 bits per heavy atom. The van der Waals surface area contributed by atoms with Crippen LogP contribution in [0.1, 0.15) is 51.5 Å². The van der Waals surface area contributed by atoms with E-state index in [2.05, 4.69) is 0 Å². The third-order valence-corrected chi connectivity index (χ3v) is 5.99.